The van der Waals surface area contributed by atoms with Gasteiger partial charge in [-0.2, -0.15) is 0 Å². The highest BCUT2D eigenvalue weighted by molar-refractivity contribution is 6.46. The molecule has 2 aromatic carbocycles. The van der Waals surface area contributed by atoms with Gasteiger partial charge in [0, 0.05) is 22.7 Å². The Bertz CT molecular complexity index is 925. The Balaban J connectivity index is 2.20. The summed E-state index contributed by atoms with van der Waals surface area (Å²) in [5.74, 6) is -2.46. The number of carbonyl (C=O) groups is 2. The molecule has 1 amide bonds. The van der Waals surface area contributed by atoms with E-state index in [9.17, 15) is 19.1 Å². The molecule has 0 bridgehead atoms. The molecular formula is C21H19ClFNO3. The number of amides is 1. The lowest BCUT2D eigenvalue weighted by atomic mass is 9.95. The van der Waals surface area contributed by atoms with E-state index in [0.717, 1.165) is 6.42 Å². The topological polar surface area (TPSA) is 57.6 Å². The van der Waals surface area contributed by atoms with E-state index in [1.165, 1.54) is 29.2 Å². The molecule has 4 nitrogen and oxygen atoms in total. The number of nitrogens with zero attached hydrogens (tertiary/aromatic N) is 1. The summed E-state index contributed by atoms with van der Waals surface area (Å²) in [6, 6.07) is 11.3. The van der Waals surface area contributed by atoms with Crippen LogP contribution >= 0.6 is 11.6 Å². The second-order valence-corrected chi connectivity index (χ2v) is 6.81. The Hall–Kier alpha value is -2.66. The first-order valence-electron chi connectivity index (χ1n) is 8.74. The Morgan fingerprint density at radius 1 is 1.19 bits per heavy atom. The van der Waals surface area contributed by atoms with Crippen LogP contribution in [0.3, 0.4) is 0 Å². The van der Waals surface area contributed by atoms with Gasteiger partial charge in [-0.3, -0.25) is 9.59 Å². The minimum atomic E-state index is -0.975. The predicted molar refractivity (Wildman–Crippen MR) is 102 cm³/mol. The van der Waals surface area contributed by atoms with E-state index in [2.05, 4.69) is 0 Å². The summed E-state index contributed by atoms with van der Waals surface area (Å²) in [5.41, 5.74) is 0.359. The third-order valence-electron chi connectivity index (χ3n) is 4.59. The van der Waals surface area contributed by atoms with Crippen LogP contribution in [0.4, 0.5) is 4.39 Å². The fourth-order valence-corrected chi connectivity index (χ4v) is 3.44. The fraction of sp³-hybridized carbons (Fsp3) is 0.238. The molecule has 1 aliphatic rings. The molecule has 0 spiro atoms. The Morgan fingerprint density at radius 2 is 1.93 bits per heavy atom. The van der Waals surface area contributed by atoms with E-state index in [1.807, 2.05) is 6.92 Å². The lowest BCUT2D eigenvalue weighted by molar-refractivity contribution is -0.139. The van der Waals surface area contributed by atoms with E-state index < -0.39 is 23.5 Å². The van der Waals surface area contributed by atoms with Gasteiger partial charge >= 0.3 is 0 Å². The number of carbonyl (C=O) groups excluding carboxylic acids is 2. The summed E-state index contributed by atoms with van der Waals surface area (Å²) >= 11 is 5.98. The van der Waals surface area contributed by atoms with Gasteiger partial charge in [0.2, 0.25) is 0 Å². The molecule has 0 aromatic heterocycles. The van der Waals surface area contributed by atoms with Crippen molar-refractivity contribution in [2.45, 2.75) is 25.8 Å². The van der Waals surface area contributed by atoms with Crippen LogP contribution in [-0.2, 0) is 9.59 Å². The number of aliphatic hydroxyl groups is 1. The summed E-state index contributed by atoms with van der Waals surface area (Å²) in [7, 11) is 0. The first-order valence-corrected chi connectivity index (χ1v) is 9.12. The molecule has 0 saturated carbocycles. The van der Waals surface area contributed by atoms with E-state index >= 15 is 0 Å². The minimum absolute atomic E-state index is 0.122. The third-order valence-corrected chi connectivity index (χ3v) is 4.83. The number of halogens is 2. The standard InChI is InChI=1S/C21H19ClFNO3/c1-2-3-11-24-18(15-9-4-5-10-16(15)23)17(20(26)21(24)27)19(25)13-7-6-8-14(22)12-13/h4-10,12,18,25H,2-3,11H2,1H3/b19-17-. The quantitative estimate of drug-likeness (QED) is 0.459. The Morgan fingerprint density at radius 3 is 2.59 bits per heavy atom. The van der Waals surface area contributed by atoms with Gasteiger partial charge in [0.1, 0.15) is 11.6 Å². The van der Waals surface area contributed by atoms with Crippen LogP contribution in [0, 0.1) is 5.82 Å². The number of unbranched alkanes of at least 4 members (excludes halogenated alkanes) is 1. The second-order valence-electron chi connectivity index (χ2n) is 6.38. The number of hydrogen-bond donors (Lipinski definition) is 1. The molecule has 6 heteroatoms. The number of rotatable bonds is 5. The molecule has 1 saturated heterocycles. The van der Waals surface area contributed by atoms with E-state index in [0.29, 0.717) is 23.6 Å². The molecule has 0 radical (unpaired) electrons. The molecule has 1 N–H and O–H groups in total. The van der Waals surface area contributed by atoms with Crippen molar-refractivity contribution in [3.8, 4) is 0 Å². The van der Waals surface area contributed by atoms with Gasteiger partial charge in [0.15, 0.2) is 0 Å². The molecule has 2 aromatic rings. The summed E-state index contributed by atoms with van der Waals surface area (Å²) in [6.07, 6.45) is 1.47. The molecule has 1 fully saturated rings. The average molecular weight is 388 g/mol. The van der Waals surface area contributed by atoms with E-state index in [-0.39, 0.29) is 16.9 Å². The summed E-state index contributed by atoms with van der Waals surface area (Å²) in [5, 5.41) is 11.2. The van der Waals surface area contributed by atoms with Crippen molar-refractivity contribution in [1.29, 1.82) is 0 Å². The summed E-state index contributed by atoms with van der Waals surface area (Å²) in [4.78, 5) is 26.6. The number of ketones is 1. The number of likely N-dealkylation sites (tertiary alicyclic amines) is 1. The lowest BCUT2D eigenvalue weighted by Gasteiger charge is -2.25. The predicted octanol–water partition coefficient (Wildman–Crippen LogP) is 4.70. The third kappa shape index (κ3) is 3.60. The van der Waals surface area contributed by atoms with Crippen molar-refractivity contribution in [2.24, 2.45) is 0 Å². The number of hydrogen-bond acceptors (Lipinski definition) is 3. The highest BCUT2D eigenvalue weighted by atomic mass is 35.5. The highest BCUT2D eigenvalue weighted by Crippen LogP contribution is 2.40. The van der Waals surface area contributed by atoms with E-state index in [1.54, 1.807) is 24.3 Å². The monoisotopic (exact) mass is 387 g/mol. The van der Waals surface area contributed by atoms with Crippen molar-refractivity contribution in [3.05, 3.63) is 76.1 Å². The Labute approximate surface area is 161 Å². The van der Waals surface area contributed by atoms with Crippen LogP contribution in [0.25, 0.3) is 5.76 Å². The second kappa shape index (κ2) is 7.92. The SMILES string of the molecule is CCCCN1C(=O)C(=O)/C(=C(\O)c2cccc(Cl)c2)C1c1ccccc1F. The van der Waals surface area contributed by atoms with Gasteiger partial charge in [-0.15, -0.1) is 0 Å². The first kappa shape index (κ1) is 19.1. The van der Waals surface area contributed by atoms with E-state index in [4.69, 9.17) is 11.6 Å². The van der Waals surface area contributed by atoms with Crippen LogP contribution in [0.1, 0.15) is 36.9 Å². The molecule has 3 rings (SSSR count). The zero-order valence-electron chi connectivity index (χ0n) is 14.8. The molecule has 27 heavy (non-hydrogen) atoms. The molecule has 1 atom stereocenters. The minimum Gasteiger partial charge on any atom is -0.507 e. The van der Waals surface area contributed by atoms with Crippen molar-refractivity contribution in [2.75, 3.05) is 6.54 Å². The van der Waals surface area contributed by atoms with Gasteiger partial charge < -0.3 is 10.0 Å². The number of Topliss-reactive ketones (excluding diaryl/α,β-unsaturated/α-hetero) is 1. The maximum absolute atomic E-state index is 14.5. The smallest absolute Gasteiger partial charge is 0.295 e. The molecule has 140 valence electrons. The largest absolute Gasteiger partial charge is 0.507 e. The molecule has 0 aliphatic carbocycles. The average Bonchev–Trinajstić information content (AvgIpc) is 2.90. The molecule has 1 heterocycles. The molecule has 1 unspecified atom stereocenters. The first-order chi connectivity index (χ1) is 13.0. The van der Waals surface area contributed by atoms with Crippen LogP contribution in [-0.4, -0.2) is 28.2 Å². The van der Waals surface area contributed by atoms with Crippen molar-refractivity contribution < 1.29 is 19.1 Å². The number of aliphatic hydroxyl groups excluding tert-OH is 1. The van der Waals surface area contributed by atoms with Gasteiger partial charge in [-0.05, 0) is 24.6 Å². The fourth-order valence-electron chi connectivity index (χ4n) is 3.25. The van der Waals surface area contributed by atoms with Crippen LogP contribution in [0.2, 0.25) is 5.02 Å². The van der Waals surface area contributed by atoms with Gasteiger partial charge in [0.25, 0.3) is 11.7 Å². The lowest BCUT2D eigenvalue weighted by Crippen LogP contribution is -2.31. The zero-order valence-corrected chi connectivity index (χ0v) is 15.5. The van der Waals surface area contributed by atoms with Crippen molar-refractivity contribution in [1.82, 2.24) is 4.90 Å². The highest BCUT2D eigenvalue weighted by Gasteiger charge is 2.46. The number of benzene rings is 2. The van der Waals surface area contributed by atoms with Gasteiger partial charge in [0.05, 0.1) is 11.6 Å². The summed E-state index contributed by atoms with van der Waals surface area (Å²) in [6.45, 7) is 2.26. The van der Waals surface area contributed by atoms with Crippen LogP contribution in [0.5, 0.6) is 0 Å². The zero-order chi connectivity index (χ0) is 19.6. The van der Waals surface area contributed by atoms with Crippen LogP contribution < -0.4 is 0 Å². The van der Waals surface area contributed by atoms with Crippen molar-refractivity contribution in [3.63, 3.8) is 0 Å². The van der Waals surface area contributed by atoms with Crippen molar-refractivity contribution >= 4 is 29.1 Å². The van der Waals surface area contributed by atoms with Gasteiger partial charge in [-0.1, -0.05) is 55.3 Å². The maximum atomic E-state index is 14.5. The Kier molecular flexibility index (Phi) is 5.61. The van der Waals surface area contributed by atoms with Gasteiger partial charge in [-0.25, -0.2) is 4.39 Å². The normalized spacial score (nSPS) is 18.9. The summed E-state index contributed by atoms with van der Waals surface area (Å²) < 4.78 is 14.5. The molecular weight excluding hydrogens is 369 g/mol. The molecule has 1 aliphatic heterocycles. The van der Waals surface area contributed by atoms with Crippen LogP contribution in [0.15, 0.2) is 54.1 Å². The maximum Gasteiger partial charge on any atom is 0.295 e.